The van der Waals surface area contributed by atoms with Crippen LogP contribution in [0.15, 0.2) is 4.99 Å². The molecule has 5 nitrogen and oxygen atoms in total. The van der Waals surface area contributed by atoms with Crippen molar-refractivity contribution in [3.8, 4) is 0 Å². The Labute approximate surface area is 160 Å². The van der Waals surface area contributed by atoms with Crippen LogP contribution in [0.5, 0.6) is 0 Å². The first-order valence-corrected chi connectivity index (χ1v) is 11.2. The number of hydrogen-bond donors (Lipinski definition) is 3. The number of aliphatic imine (C=N–C) groups is 1. The zero-order valence-corrected chi connectivity index (χ0v) is 16.8. The summed E-state index contributed by atoms with van der Waals surface area (Å²) in [7, 11) is 0. The summed E-state index contributed by atoms with van der Waals surface area (Å²) >= 11 is 0. The summed E-state index contributed by atoms with van der Waals surface area (Å²) in [6.07, 6.45) is 13.7. The van der Waals surface area contributed by atoms with E-state index in [2.05, 4.69) is 22.5 Å². The molecule has 0 aromatic carbocycles. The summed E-state index contributed by atoms with van der Waals surface area (Å²) in [5, 5.41) is 17.5. The van der Waals surface area contributed by atoms with E-state index in [1.54, 1.807) is 0 Å². The molecule has 0 radical (unpaired) electrons. The van der Waals surface area contributed by atoms with Gasteiger partial charge in [0, 0.05) is 32.2 Å². The fraction of sp³-hybridized carbons (Fsp3) is 0.952. The standard InChI is InChI=1S/C21H40N4O/c1-2-22-20(23-17-21(26)12-6-7-13-21)24-19-10-14-25(15-11-19)16-18-8-4-3-5-9-18/h18-19,26H,2-17H2,1H3,(H2,22,23,24). The lowest BCUT2D eigenvalue weighted by molar-refractivity contribution is 0.0573. The van der Waals surface area contributed by atoms with Crippen molar-refractivity contribution in [1.82, 2.24) is 15.5 Å². The highest BCUT2D eigenvalue weighted by molar-refractivity contribution is 5.80. The molecule has 1 heterocycles. The van der Waals surface area contributed by atoms with Crippen LogP contribution in [-0.2, 0) is 0 Å². The third-order valence-electron chi connectivity index (χ3n) is 6.58. The van der Waals surface area contributed by atoms with Crippen molar-refractivity contribution in [2.75, 3.05) is 32.7 Å². The van der Waals surface area contributed by atoms with Crippen molar-refractivity contribution in [2.45, 2.75) is 89.2 Å². The molecule has 5 heteroatoms. The van der Waals surface area contributed by atoms with Crippen molar-refractivity contribution in [3.05, 3.63) is 0 Å². The molecule has 3 aliphatic rings. The molecule has 150 valence electrons. The van der Waals surface area contributed by atoms with Gasteiger partial charge < -0.3 is 20.6 Å². The molecule has 2 aliphatic carbocycles. The van der Waals surface area contributed by atoms with Crippen LogP contribution in [-0.4, -0.2) is 60.3 Å². The molecule has 1 saturated heterocycles. The van der Waals surface area contributed by atoms with Crippen LogP contribution < -0.4 is 10.6 Å². The predicted molar refractivity (Wildman–Crippen MR) is 109 cm³/mol. The number of guanidine groups is 1. The summed E-state index contributed by atoms with van der Waals surface area (Å²) in [6, 6.07) is 0.508. The Morgan fingerprint density at radius 1 is 1.04 bits per heavy atom. The second-order valence-corrected chi connectivity index (χ2v) is 8.85. The van der Waals surface area contributed by atoms with Gasteiger partial charge in [-0.2, -0.15) is 0 Å². The number of nitrogens with zero attached hydrogens (tertiary/aromatic N) is 2. The van der Waals surface area contributed by atoms with E-state index in [4.69, 9.17) is 4.99 Å². The van der Waals surface area contributed by atoms with Crippen LogP contribution in [0.4, 0.5) is 0 Å². The van der Waals surface area contributed by atoms with Crippen LogP contribution in [0.3, 0.4) is 0 Å². The second kappa shape index (κ2) is 9.93. The molecule has 0 unspecified atom stereocenters. The number of nitrogens with one attached hydrogen (secondary N) is 2. The van der Waals surface area contributed by atoms with Crippen LogP contribution in [0.2, 0.25) is 0 Å². The first-order valence-electron chi connectivity index (χ1n) is 11.2. The van der Waals surface area contributed by atoms with Crippen LogP contribution in [0.1, 0.15) is 77.6 Å². The van der Waals surface area contributed by atoms with Gasteiger partial charge in [-0.05, 0) is 51.4 Å². The number of hydrogen-bond acceptors (Lipinski definition) is 3. The van der Waals surface area contributed by atoms with E-state index in [0.29, 0.717) is 12.6 Å². The third kappa shape index (κ3) is 6.12. The Hall–Kier alpha value is -0.810. The van der Waals surface area contributed by atoms with Gasteiger partial charge in [-0.15, -0.1) is 0 Å². The number of aliphatic hydroxyl groups is 1. The van der Waals surface area contributed by atoms with E-state index >= 15 is 0 Å². The monoisotopic (exact) mass is 364 g/mol. The molecule has 3 N–H and O–H groups in total. The van der Waals surface area contributed by atoms with Crippen molar-refractivity contribution < 1.29 is 5.11 Å². The Balaban J connectivity index is 1.42. The highest BCUT2D eigenvalue weighted by Crippen LogP contribution is 2.29. The van der Waals surface area contributed by atoms with Gasteiger partial charge in [-0.1, -0.05) is 32.1 Å². The van der Waals surface area contributed by atoms with E-state index < -0.39 is 5.60 Å². The van der Waals surface area contributed by atoms with E-state index in [0.717, 1.165) is 44.1 Å². The topological polar surface area (TPSA) is 59.9 Å². The van der Waals surface area contributed by atoms with Gasteiger partial charge in [0.1, 0.15) is 0 Å². The lowest BCUT2D eigenvalue weighted by atomic mass is 9.88. The van der Waals surface area contributed by atoms with Crippen molar-refractivity contribution in [3.63, 3.8) is 0 Å². The van der Waals surface area contributed by atoms with Crippen molar-refractivity contribution >= 4 is 5.96 Å². The van der Waals surface area contributed by atoms with Crippen LogP contribution >= 0.6 is 0 Å². The maximum atomic E-state index is 10.5. The average Bonchev–Trinajstić information content (AvgIpc) is 3.09. The minimum atomic E-state index is -0.564. The third-order valence-corrected chi connectivity index (χ3v) is 6.58. The normalized spacial score (nSPS) is 26.2. The lowest BCUT2D eigenvalue weighted by Crippen LogP contribution is -2.49. The molecule has 26 heavy (non-hydrogen) atoms. The van der Waals surface area contributed by atoms with Crippen LogP contribution in [0, 0.1) is 5.92 Å². The van der Waals surface area contributed by atoms with Gasteiger partial charge in [0.2, 0.25) is 0 Å². The summed E-state index contributed by atoms with van der Waals surface area (Å²) in [5.41, 5.74) is -0.564. The van der Waals surface area contributed by atoms with Gasteiger partial charge in [0.25, 0.3) is 0 Å². The highest BCUT2D eigenvalue weighted by atomic mass is 16.3. The Kier molecular flexibility index (Phi) is 7.62. The summed E-state index contributed by atoms with van der Waals surface area (Å²) in [6.45, 7) is 7.23. The SMILES string of the molecule is CCNC(=NCC1(O)CCCC1)NC1CCN(CC2CCCCC2)CC1. The fourth-order valence-corrected chi connectivity index (χ4v) is 4.93. The first kappa shape index (κ1) is 19.9. The molecule has 0 aromatic rings. The predicted octanol–water partition coefficient (Wildman–Crippen LogP) is 2.89. The minimum absolute atomic E-state index is 0.508. The zero-order valence-electron chi connectivity index (χ0n) is 16.8. The van der Waals surface area contributed by atoms with E-state index in [1.165, 1.54) is 64.6 Å². The van der Waals surface area contributed by atoms with E-state index in [9.17, 15) is 5.11 Å². The number of rotatable bonds is 6. The molecule has 1 aliphatic heterocycles. The maximum Gasteiger partial charge on any atom is 0.191 e. The van der Waals surface area contributed by atoms with Gasteiger partial charge in [-0.25, -0.2) is 0 Å². The molecule has 2 saturated carbocycles. The molecule has 0 amide bonds. The molecular formula is C21H40N4O. The zero-order chi connectivity index (χ0) is 18.2. The number of piperidine rings is 1. The maximum absolute atomic E-state index is 10.5. The first-order chi connectivity index (χ1) is 12.7. The molecular weight excluding hydrogens is 324 g/mol. The fourth-order valence-electron chi connectivity index (χ4n) is 4.93. The molecule has 3 fully saturated rings. The number of likely N-dealkylation sites (tertiary alicyclic amines) is 1. The second-order valence-electron chi connectivity index (χ2n) is 8.85. The molecule has 3 rings (SSSR count). The summed E-state index contributed by atoms with van der Waals surface area (Å²) in [4.78, 5) is 7.38. The van der Waals surface area contributed by atoms with Gasteiger partial charge in [0.15, 0.2) is 5.96 Å². The van der Waals surface area contributed by atoms with Gasteiger partial charge >= 0.3 is 0 Å². The van der Waals surface area contributed by atoms with E-state index in [1.807, 2.05) is 0 Å². The Morgan fingerprint density at radius 2 is 1.73 bits per heavy atom. The largest absolute Gasteiger partial charge is 0.388 e. The lowest BCUT2D eigenvalue weighted by Gasteiger charge is -2.36. The minimum Gasteiger partial charge on any atom is -0.388 e. The van der Waals surface area contributed by atoms with E-state index in [-0.39, 0.29) is 0 Å². The average molecular weight is 365 g/mol. The van der Waals surface area contributed by atoms with Gasteiger partial charge in [-0.3, -0.25) is 4.99 Å². The molecule has 0 bridgehead atoms. The molecule has 0 spiro atoms. The highest BCUT2D eigenvalue weighted by Gasteiger charge is 2.31. The summed E-state index contributed by atoms with van der Waals surface area (Å²) in [5.74, 6) is 1.83. The molecule has 0 aromatic heterocycles. The summed E-state index contributed by atoms with van der Waals surface area (Å²) < 4.78 is 0. The Morgan fingerprint density at radius 3 is 2.38 bits per heavy atom. The van der Waals surface area contributed by atoms with Gasteiger partial charge in [0.05, 0.1) is 12.1 Å². The quantitative estimate of drug-likeness (QED) is 0.501. The van der Waals surface area contributed by atoms with Crippen molar-refractivity contribution in [2.24, 2.45) is 10.9 Å². The Bertz CT molecular complexity index is 433. The molecule has 0 atom stereocenters. The smallest absolute Gasteiger partial charge is 0.191 e. The van der Waals surface area contributed by atoms with Crippen LogP contribution in [0.25, 0.3) is 0 Å². The van der Waals surface area contributed by atoms with Crippen molar-refractivity contribution in [1.29, 1.82) is 0 Å².